The Balaban J connectivity index is 1.69. The maximum atomic E-state index is 13.4. The molecule has 8 heteroatoms. The second kappa shape index (κ2) is 13.7. The van der Waals surface area contributed by atoms with Crippen molar-refractivity contribution >= 4 is 11.9 Å². The van der Waals surface area contributed by atoms with E-state index in [1.807, 2.05) is 66.7 Å². The highest BCUT2D eigenvalue weighted by molar-refractivity contribution is 5.89. The molecule has 1 saturated heterocycles. The zero-order valence-corrected chi connectivity index (χ0v) is 23.2. The highest BCUT2D eigenvalue weighted by Gasteiger charge is 2.53. The third kappa shape index (κ3) is 7.99. The standard InChI is InChI=1S/C32H36O8/c1-32(2,3)40-30(34)27-25(36-20-22-14-8-5-9-15-22)26(37-21-23-16-10-6-11-17-23)28(31(35-4)39-27)38-29(33)24-18-12-7-13-19-24/h5-19,25-28,31H,20-21H2,1-4H3/t25-,26-,27+,28+,31+/m0/s1. The number of methoxy groups -OCH3 is 1. The van der Waals surface area contributed by atoms with Gasteiger partial charge in [-0.25, -0.2) is 9.59 Å². The highest BCUT2D eigenvalue weighted by atomic mass is 16.7. The number of carbonyl (C=O) groups is 2. The van der Waals surface area contributed by atoms with Gasteiger partial charge >= 0.3 is 11.9 Å². The van der Waals surface area contributed by atoms with E-state index in [0.717, 1.165) is 11.1 Å². The van der Waals surface area contributed by atoms with Crippen molar-refractivity contribution in [1.82, 2.24) is 0 Å². The molecule has 0 spiro atoms. The van der Waals surface area contributed by atoms with E-state index in [1.54, 1.807) is 45.0 Å². The zero-order chi connectivity index (χ0) is 28.5. The van der Waals surface area contributed by atoms with E-state index >= 15 is 0 Å². The summed E-state index contributed by atoms with van der Waals surface area (Å²) >= 11 is 0. The zero-order valence-electron chi connectivity index (χ0n) is 23.2. The Hall–Kier alpha value is -3.56. The summed E-state index contributed by atoms with van der Waals surface area (Å²) in [6, 6.07) is 27.7. The van der Waals surface area contributed by atoms with Crippen molar-refractivity contribution in [2.75, 3.05) is 7.11 Å². The molecule has 0 aromatic heterocycles. The van der Waals surface area contributed by atoms with Crippen molar-refractivity contribution in [3.63, 3.8) is 0 Å². The molecule has 0 saturated carbocycles. The fourth-order valence-corrected chi connectivity index (χ4v) is 4.35. The van der Waals surface area contributed by atoms with E-state index < -0.39 is 48.2 Å². The lowest BCUT2D eigenvalue weighted by atomic mass is 9.97. The Bertz CT molecular complexity index is 1210. The fraction of sp³-hybridized carbons (Fsp3) is 0.375. The third-order valence-electron chi connectivity index (χ3n) is 6.19. The Morgan fingerprint density at radius 2 is 1.23 bits per heavy atom. The van der Waals surface area contributed by atoms with Gasteiger partial charge in [0.15, 0.2) is 18.5 Å². The molecule has 3 aromatic carbocycles. The third-order valence-corrected chi connectivity index (χ3v) is 6.19. The van der Waals surface area contributed by atoms with Crippen LogP contribution >= 0.6 is 0 Å². The molecule has 0 amide bonds. The van der Waals surface area contributed by atoms with Crippen LogP contribution in [0, 0.1) is 0 Å². The van der Waals surface area contributed by atoms with Crippen molar-refractivity contribution in [3.8, 4) is 0 Å². The van der Waals surface area contributed by atoms with E-state index in [0.29, 0.717) is 5.56 Å². The monoisotopic (exact) mass is 548 g/mol. The van der Waals surface area contributed by atoms with Crippen LogP contribution in [-0.4, -0.2) is 55.4 Å². The number of benzene rings is 3. The van der Waals surface area contributed by atoms with E-state index in [9.17, 15) is 9.59 Å². The minimum atomic E-state index is -1.21. The average molecular weight is 549 g/mol. The Morgan fingerprint density at radius 1 is 0.725 bits per heavy atom. The van der Waals surface area contributed by atoms with Gasteiger partial charge in [-0.2, -0.15) is 0 Å². The van der Waals surface area contributed by atoms with Crippen LogP contribution < -0.4 is 0 Å². The lowest BCUT2D eigenvalue weighted by Gasteiger charge is -2.44. The van der Waals surface area contributed by atoms with Crippen molar-refractivity contribution in [2.45, 2.75) is 70.3 Å². The fourth-order valence-electron chi connectivity index (χ4n) is 4.35. The van der Waals surface area contributed by atoms with Crippen LogP contribution in [0.4, 0.5) is 0 Å². The second-order valence-corrected chi connectivity index (χ2v) is 10.5. The van der Waals surface area contributed by atoms with Gasteiger partial charge in [0.2, 0.25) is 0 Å². The summed E-state index contributed by atoms with van der Waals surface area (Å²) in [6.45, 7) is 5.66. The van der Waals surface area contributed by atoms with Gasteiger partial charge in [0, 0.05) is 7.11 Å². The Labute approximate surface area is 235 Å². The predicted octanol–water partition coefficient (Wildman–Crippen LogP) is 5.10. The molecule has 0 N–H and O–H groups in total. The quantitative estimate of drug-likeness (QED) is 0.324. The molecule has 40 heavy (non-hydrogen) atoms. The molecule has 3 aromatic rings. The van der Waals surface area contributed by atoms with Crippen LogP contribution in [0.1, 0.15) is 42.3 Å². The summed E-state index contributed by atoms with van der Waals surface area (Å²) in [6.07, 6.45) is -5.31. The summed E-state index contributed by atoms with van der Waals surface area (Å²) in [5, 5.41) is 0. The molecule has 5 atom stereocenters. The largest absolute Gasteiger partial charge is 0.458 e. The SMILES string of the molecule is CO[C@@H]1O[C@@H](C(=O)OC(C)(C)C)[C@@H](OCc2ccccc2)[C@H](OCc2ccccc2)[C@H]1OC(=O)c1ccccc1. The molecule has 0 bridgehead atoms. The van der Waals surface area contributed by atoms with Crippen LogP contribution in [0.2, 0.25) is 0 Å². The van der Waals surface area contributed by atoms with E-state index in [-0.39, 0.29) is 13.2 Å². The second-order valence-electron chi connectivity index (χ2n) is 10.5. The molecule has 4 rings (SSSR count). The Kier molecular flexibility index (Phi) is 10.1. The minimum absolute atomic E-state index is 0.163. The summed E-state index contributed by atoms with van der Waals surface area (Å²) in [5.74, 6) is -1.21. The number of hydrogen-bond acceptors (Lipinski definition) is 8. The van der Waals surface area contributed by atoms with E-state index in [4.69, 9.17) is 28.4 Å². The maximum Gasteiger partial charge on any atom is 0.338 e. The first-order chi connectivity index (χ1) is 19.2. The normalized spacial score (nSPS) is 22.9. The van der Waals surface area contributed by atoms with Crippen LogP contribution in [0.3, 0.4) is 0 Å². The van der Waals surface area contributed by atoms with Crippen molar-refractivity contribution < 1.29 is 38.0 Å². The molecule has 1 fully saturated rings. The van der Waals surface area contributed by atoms with E-state index in [1.165, 1.54) is 7.11 Å². The number of hydrogen-bond donors (Lipinski definition) is 0. The van der Waals surface area contributed by atoms with Crippen LogP contribution in [0.15, 0.2) is 91.0 Å². The first-order valence-corrected chi connectivity index (χ1v) is 13.2. The molecule has 1 aliphatic heterocycles. The lowest BCUT2D eigenvalue weighted by molar-refractivity contribution is -0.305. The average Bonchev–Trinajstić information content (AvgIpc) is 2.96. The van der Waals surface area contributed by atoms with Crippen molar-refractivity contribution in [2.24, 2.45) is 0 Å². The summed E-state index contributed by atoms with van der Waals surface area (Å²) in [7, 11) is 1.42. The highest BCUT2D eigenvalue weighted by Crippen LogP contribution is 2.32. The van der Waals surface area contributed by atoms with Crippen LogP contribution in [0.25, 0.3) is 0 Å². The maximum absolute atomic E-state index is 13.4. The van der Waals surface area contributed by atoms with Crippen LogP contribution in [-0.2, 0) is 46.4 Å². The van der Waals surface area contributed by atoms with Gasteiger partial charge in [0.1, 0.15) is 17.8 Å². The molecule has 1 heterocycles. The van der Waals surface area contributed by atoms with Crippen molar-refractivity contribution in [3.05, 3.63) is 108 Å². The molecular formula is C32H36O8. The lowest BCUT2D eigenvalue weighted by Crippen LogP contribution is -2.63. The molecule has 212 valence electrons. The molecular weight excluding hydrogens is 512 g/mol. The van der Waals surface area contributed by atoms with Gasteiger partial charge in [0.05, 0.1) is 18.8 Å². The number of carbonyl (C=O) groups excluding carboxylic acids is 2. The Morgan fingerprint density at radius 3 is 1.73 bits per heavy atom. The summed E-state index contributed by atoms with van der Waals surface area (Å²) in [5.41, 5.74) is 1.37. The topological polar surface area (TPSA) is 89.5 Å². The number of esters is 2. The summed E-state index contributed by atoms with van der Waals surface area (Å²) < 4.78 is 36.1. The van der Waals surface area contributed by atoms with E-state index in [2.05, 4.69) is 0 Å². The van der Waals surface area contributed by atoms with Gasteiger partial charge < -0.3 is 28.4 Å². The van der Waals surface area contributed by atoms with Gasteiger partial charge in [-0.1, -0.05) is 78.9 Å². The van der Waals surface area contributed by atoms with Gasteiger partial charge in [-0.15, -0.1) is 0 Å². The smallest absolute Gasteiger partial charge is 0.338 e. The molecule has 0 unspecified atom stereocenters. The van der Waals surface area contributed by atoms with Crippen molar-refractivity contribution in [1.29, 1.82) is 0 Å². The number of rotatable bonds is 10. The molecule has 0 aliphatic carbocycles. The molecule has 8 nitrogen and oxygen atoms in total. The predicted molar refractivity (Wildman–Crippen MR) is 147 cm³/mol. The minimum Gasteiger partial charge on any atom is -0.458 e. The summed E-state index contributed by atoms with van der Waals surface area (Å²) in [4.78, 5) is 26.6. The van der Waals surface area contributed by atoms with Gasteiger partial charge in [-0.05, 0) is 44.0 Å². The molecule has 1 aliphatic rings. The molecule has 0 radical (unpaired) electrons. The first kappa shape index (κ1) is 29.4. The first-order valence-electron chi connectivity index (χ1n) is 13.2. The van der Waals surface area contributed by atoms with Gasteiger partial charge in [0.25, 0.3) is 0 Å². The number of ether oxygens (including phenoxy) is 6. The van der Waals surface area contributed by atoms with Gasteiger partial charge in [-0.3, -0.25) is 0 Å². The van der Waals surface area contributed by atoms with Crippen LogP contribution in [0.5, 0.6) is 0 Å².